The highest BCUT2D eigenvalue weighted by Gasteiger charge is 2.09. The Morgan fingerprint density at radius 3 is 2.75 bits per heavy atom. The molecule has 2 aromatic heterocycles. The maximum absolute atomic E-state index is 4.32. The number of nitrogens with one attached hydrogen (secondary N) is 2. The van der Waals surface area contributed by atoms with E-state index in [1.807, 2.05) is 13.1 Å². The molecule has 16 heavy (non-hydrogen) atoms. The molecule has 1 unspecified atom stereocenters. The van der Waals surface area contributed by atoms with Gasteiger partial charge >= 0.3 is 0 Å². The summed E-state index contributed by atoms with van der Waals surface area (Å²) in [6.07, 6.45) is 6.98. The van der Waals surface area contributed by atoms with Crippen molar-refractivity contribution in [1.82, 2.24) is 25.3 Å². The van der Waals surface area contributed by atoms with Gasteiger partial charge in [0.25, 0.3) is 0 Å². The average molecular weight is 217 g/mol. The van der Waals surface area contributed by atoms with Crippen molar-refractivity contribution in [1.29, 1.82) is 0 Å². The van der Waals surface area contributed by atoms with Gasteiger partial charge in [0.15, 0.2) is 0 Å². The van der Waals surface area contributed by atoms with Crippen molar-refractivity contribution in [2.24, 2.45) is 0 Å². The molecule has 2 rings (SSSR count). The molecule has 0 aliphatic carbocycles. The number of rotatable bonds is 4. The minimum absolute atomic E-state index is 0.166. The van der Waals surface area contributed by atoms with Gasteiger partial charge in [-0.15, -0.1) is 0 Å². The van der Waals surface area contributed by atoms with Crippen LogP contribution >= 0.6 is 0 Å². The molecule has 5 heteroatoms. The summed E-state index contributed by atoms with van der Waals surface area (Å²) in [5.41, 5.74) is 1.94. The highest BCUT2D eigenvalue weighted by molar-refractivity contribution is 5.12. The van der Waals surface area contributed by atoms with Crippen molar-refractivity contribution in [3.8, 4) is 0 Å². The van der Waals surface area contributed by atoms with E-state index in [-0.39, 0.29) is 6.04 Å². The Morgan fingerprint density at radius 1 is 1.25 bits per heavy atom. The van der Waals surface area contributed by atoms with Crippen molar-refractivity contribution >= 4 is 0 Å². The molecule has 2 N–H and O–H groups in total. The number of nitrogens with zero attached hydrogens (tertiary/aromatic N) is 3. The topological polar surface area (TPSA) is 66.5 Å². The van der Waals surface area contributed by atoms with E-state index >= 15 is 0 Å². The van der Waals surface area contributed by atoms with E-state index in [9.17, 15) is 0 Å². The molecule has 0 amide bonds. The van der Waals surface area contributed by atoms with Gasteiger partial charge in [-0.2, -0.15) is 0 Å². The van der Waals surface area contributed by atoms with Crippen LogP contribution in [-0.2, 0) is 6.54 Å². The lowest BCUT2D eigenvalue weighted by atomic mass is 10.2. The van der Waals surface area contributed by atoms with E-state index < -0.39 is 0 Å². The predicted molar refractivity (Wildman–Crippen MR) is 60.6 cm³/mol. The normalized spacial score (nSPS) is 12.6. The summed E-state index contributed by atoms with van der Waals surface area (Å²) in [5.74, 6) is 0.924. The molecule has 0 aliphatic rings. The summed E-state index contributed by atoms with van der Waals surface area (Å²) in [7, 11) is 0. The summed E-state index contributed by atoms with van der Waals surface area (Å²) in [5, 5.41) is 3.35. The first kappa shape index (κ1) is 10.8. The van der Waals surface area contributed by atoms with Crippen LogP contribution in [0.25, 0.3) is 0 Å². The van der Waals surface area contributed by atoms with E-state index in [1.165, 1.54) is 0 Å². The number of aryl methyl sites for hydroxylation is 1. The smallest absolute Gasteiger partial charge is 0.120 e. The van der Waals surface area contributed by atoms with Gasteiger partial charge in [-0.25, -0.2) is 4.98 Å². The van der Waals surface area contributed by atoms with Crippen molar-refractivity contribution < 1.29 is 0 Å². The van der Waals surface area contributed by atoms with Crippen LogP contribution in [0, 0.1) is 6.92 Å². The molecule has 0 spiro atoms. The number of aromatic amines is 1. The molecule has 84 valence electrons. The van der Waals surface area contributed by atoms with Gasteiger partial charge < -0.3 is 10.3 Å². The number of hydrogen-bond donors (Lipinski definition) is 2. The highest BCUT2D eigenvalue weighted by atomic mass is 15.0. The van der Waals surface area contributed by atoms with Crippen LogP contribution < -0.4 is 5.32 Å². The fourth-order valence-electron chi connectivity index (χ4n) is 1.58. The van der Waals surface area contributed by atoms with E-state index in [0.717, 1.165) is 17.2 Å². The summed E-state index contributed by atoms with van der Waals surface area (Å²) in [6.45, 7) is 4.73. The van der Waals surface area contributed by atoms with Gasteiger partial charge in [-0.05, 0) is 13.8 Å². The van der Waals surface area contributed by atoms with Crippen LogP contribution in [0.2, 0.25) is 0 Å². The number of H-pyrrole nitrogens is 1. The third-order valence-corrected chi connectivity index (χ3v) is 2.46. The second-order valence-electron chi connectivity index (χ2n) is 3.67. The molecular weight excluding hydrogens is 202 g/mol. The van der Waals surface area contributed by atoms with E-state index in [4.69, 9.17) is 0 Å². The molecule has 2 heterocycles. The van der Waals surface area contributed by atoms with Crippen LogP contribution in [-0.4, -0.2) is 19.9 Å². The zero-order chi connectivity index (χ0) is 11.4. The maximum Gasteiger partial charge on any atom is 0.120 e. The first-order chi connectivity index (χ1) is 7.77. The Bertz CT molecular complexity index is 437. The van der Waals surface area contributed by atoms with E-state index in [0.29, 0.717) is 6.54 Å². The third kappa shape index (κ3) is 2.43. The van der Waals surface area contributed by atoms with Crippen LogP contribution in [0.3, 0.4) is 0 Å². The number of aromatic nitrogens is 4. The lowest BCUT2D eigenvalue weighted by Crippen LogP contribution is -2.21. The largest absolute Gasteiger partial charge is 0.348 e. The third-order valence-electron chi connectivity index (χ3n) is 2.46. The fourth-order valence-corrected chi connectivity index (χ4v) is 1.58. The summed E-state index contributed by atoms with van der Waals surface area (Å²) >= 11 is 0. The molecule has 2 aromatic rings. The van der Waals surface area contributed by atoms with Gasteiger partial charge in [-0.1, -0.05) is 0 Å². The summed E-state index contributed by atoms with van der Waals surface area (Å²) in [4.78, 5) is 15.7. The zero-order valence-corrected chi connectivity index (χ0v) is 9.44. The molecule has 0 saturated heterocycles. The second-order valence-corrected chi connectivity index (χ2v) is 3.67. The molecule has 0 radical (unpaired) electrons. The molecule has 0 aliphatic heterocycles. The number of hydrogen-bond acceptors (Lipinski definition) is 4. The minimum Gasteiger partial charge on any atom is -0.348 e. The molecule has 0 aromatic carbocycles. The Hall–Kier alpha value is -1.75. The molecule has 0 bridgehead atoms. The molecule has 0 saturated carbocycles. The van der Waals surface area contributed by atoms with Crippen molar-refractivity contribution in [3.63, 3.8) is 0 Å². The average Bonchev–Trinajstić information content (AvgIpc) is 2.79. The molecule has 5 nitrogen and oxygen atoms in total. The quantitative estimate of drug-likeness (QED) is 0.811. The molecule has 1 atom stereocenters. The van der Waals surface area contributed by atoms with Gasteiger partial charge in [0, 0.05) is 30.8 Å². The van der Waals surface area contributed by atoms with Crippen molar-refractivity contribution in [2.75, 3.05) is 0 Å². The summed E-state index contributed by atoms with van der Waals surface area (Å²) in [6, 6.07) is 0.166. The first-order valence-corrected chi connectivity index (χ1v) is 5.26. The lowest BCUT2D eigenvalue weighted by Gasteiger charge is -2.13. The summed E-state index contributed by atoms with van der Waals surface area (Å²) < 4.78 is 0. The molecule has 0 fully saturated rings. The monoisotopic (exact) mass is 217 g/mol. The van der Waals surface area contributed by atoms with Crippen LogP contribution in [0.15, 0.2) is 24.8 Å². The standard InChI is InChI=1S/C11H15N5/c1-8-11(15-6-3-12-8)9(2)16-7-10-13-4-5-14-10/h3-6,9,16H,7H2,1-2H3,(H,13,14). The number of imidazole rings is 1. The Labute approximate surface area is 94.4 Å². The van der Waals surface area contributed by atoms with Crippen LogP contribution in [0.1, 0.15) is 30.2 Å². The maximum atomic E-state index is 4.32. The zero-order valence-electron chi connectivity index (χ0n) is 9.44. The lowest BCUT2D eigenvalue weighted by molar-refractivity contribution is 0.544. The highest BCUT2D eigenvalue weighted by Crippen LogP contribution is 2.11. The predicted octanol–water partition coefficient (Wildman–Crippen LogP) is 1.36. The Kier molecular flexibility index (Phi) is 3.26. The van der Waals surface area contributed by atoms with Gasteiger partial charge in [-0.3, -0.25) is 9.97 Å². The Balaban J connectivity index is 1.98. The molecular formula is C11H15N5. The Morgan fingerprint density at radius 2 is 2.06 bits per heavy atom. The fraction of sp³-hybridized carbons (Fsp3) is 0.364. The van der Waals surface area contributed by atoms with Crippen molar-refractivity contribution in [2.45, 2.75) is 26.4 Å². The van der Waals surface area contributed by atoms with Crippen LogP contribution in [0.4, 0.5) is 0 Å². The van der Waals surface area contributed by atoms with Crippen LogP contribution in [0.5, 0.6) is 0 Å². The van der Waals surface area contributed by atoms with Crippen molar-refractivity contribution in [3.05, 3.63) is 42.0 Å². The minimum atomic E-state index is 0.166. The van der Waals surface area contributed by atoms with E-state index in [1.54, 1.807) is 18.6 Å². The second kappa shape index (κ2) is 4.85. The SMILES string of the molecule is Cc1nccnc1C(C)NCc1ncc[nH]1. The van der Waals surface area contributed by atoms with Gasteiger partial charge in [0.1, 0.15) is 5.82 Å². The van der Waals surface area contributed by atoms with E-state index in [2.05, 4.69) is 32.2 Å². The first-order valence-electron chi connectivity index (χ1n) is 5.26. The van der Waals surface area contributed by atoms with Gasteiger partial charge in [0.05, 0.1) is 17.9 Å². The van der Waals surface area contributed by atoms with Gasteiger partial charge in [0.2, 0.25) is 0 Å².